The van der Waals surface area contributed by atoms with Gasteiger partial charge in [-0.25, -0.2) is 0 Å². The van der Waals surface area contributed by atoms with E-state index in [1.807, 2.05) is 0 Å². The normalized spacial score (nSPS) is 14.8. The van der Waals surface area contributed by atoms with E-state index in [0.29, 0.717) is 0 Å². The van der Waals surface area contributed by atoms with Gasteiger partial charge in [-0.2, -0.15) is 5.10 Å². The number of rotatable bonds is 3. The summed E-state index contributed by atoms with van der Waals surface area (Å²) in [5.74, 6) is 0. The second kappa shape index (κ2) is 3.51. The molecule has 6 heteroatoms. The van der Waals surface area contributed by atoms with Crippen LogP contribution < -0.4 is 0 Å². The summed E-state index contributed by atoms with van der Waals surface area (Å²) >= 11 is 0. The summed E-state index contributed by atoms with van der Waals surface area (Å²) in [6, 6.07) is 1.72. The third-order valence-corrected chi connectivity index (χ3v) is 5.14. The van der Waals surface area contributed by atoms with Crippen LogP contribution >= 0.6 is 15.6 Å². The second-order valence-corrected chi connectivity index (χ2v) is 7.34. The third-order valence-electron chi connectivity index (χ3n) is 1.41. The van der Waals surface area contributed by atoms with Gasteiger partial charge in [0.25, 0.3) is 0 Å². The highest BCUT2D eigenvalue weighted by Gasteiger charge is 2.25. The fourth-order valence-corrected chi connectivity index (χ4v) is 2.71. The zero-order valence-corrected chi connectivity index (χ0v) is 8.70. The molecule has 0 amide bonds. The lowest BCUT2D eigenvalue weighted by Crippen LogP contribution is -2.02. The second-order valence-electron chi connectivity index (χ2n) is 2.87. The van der Waals surface area contributed by atoms with Crippen molar-refractivity contribution in [3.63, 3.8) is 0 Å². The molecule has 0 aliphatic carbocycles. The van der Waals surface area contributed by atoms with E-state index in [1.54, 1.807) is 31.8 Å². The molecule has 1 aromatic heterocycles. The Kier molecular flexibility index (Phi) is 2.81. The van der Waals surface area contributed by atoms with E-state index >= 15 is 0 Å². The van der Waals surface area contributed by atoms with Crippen LogP contribution in [0, 0.1) is 0 Å². The first kappa shape index (κ1) is 9.63. The van der Waals surface area contributed by atoms with Crippen LogP contribution in [0.4, 0.5) is 0 Å². The summed E-state index contributed by atoms with van der Waals surface area (Å²) in [7, 11) is -2.54. The van der Waals surface area contributed by atoms with Gasteiger partial charge in [-0.1, -0.05) is 0 Å². The Morgan fingerprint density at radius 1 is 1.58 bits per heavy atom. The first-order chi connectivity index (χ1) is 5.55. The molecule has 0 aliphatic heterocycles. The molecule has 0 radical (unpaired) electrons. The summed E-state index contributed by atoms with van der Waals surface area (Å²) in [5, 5.41) is 3.89. The SMILES string of the molecule is CP(C)(=O)C(P=O)n1cccn1. The minimum atomic E-state index is -2.39. The van der Waals surface area contributed by atoms with Crippen molar-refractivity contribution < 1.29 is 9.13 Å². The minimum absolute atomic E-state index is 0.148. The maximum Gasteiger partial charge on any atom is 0.190 e. The average molecular weight is 204 g/mol. The van der Waals surface area contributed by atoms with Gasteiger partial charge in [0.1, 0.15) is 7.14 Å². The summed E-state index contributed by atoms with van der Waals surface area (Å²) in [4.78, 5) is 0. The predicted molar refractivity (Wildman–Crippen MR) is 48.3 cm³/mol. The van der Waals surface area contributed by atoms with Crippen LogP contribution in [-0.4, -0.2) is 23.1 Å². The van der Waals surface area contributed by atoms with Gasteiger partial charge in [-0.15, -0.1) is 0 Å². The number of nitrogens with zero attached hydrogens (tertiary/aromatic N) is 2. The lowest BCUT2D eigenvalue weighted by atomic mass is 10.8. The molecule has 0 N–H and O–H groups in total. The minimum Gasteiger partial charge on any atom is -0.321 e. The van der Waals surface area contributed by atoms with Gasteiger partial charge < -0.3 is 4.57 Å². The molecular formula is C6H10N2O2P2. The van der Waals surface area contributed by atoms with Crippen molar-refractivity contribution in [3.8, 4) is 0 Å². The molecule has 0 saturated heterocycles. The van der Waals surface area contributed by atoms with E-state index in [-0.39, 0.29) is 8.46 Å². The first-order valence-electron chi connectivity index (χ1n) is 3.42. The Hall–Kier alpha value is -0.460. The Morgan fingerprint density at radius 2 is 2.25 bits per heavy atom. The maximum atomic E-state index is 11.6. The molecule has 0 spiro atoms. The fourth-order valence-electron chi connectivity index (χ4n) is 0.864. The predicted octanol–water partition coefficient (Wildman–Crippen LogP) is 2.25. The van der Waals surface area contributed by atoms with Gasteiger partial charge in [0.15, 0.2) is 14.0 Å². The van der Waals surface area contributed by atoms with E-state index in [1.165, 1.54) is 4.68 Å². The van der Waals surface area contributed by atoms with Crippen molar-refractivity contribution in [2.45, 2.75) is 5.52 Å². The fraction of sp³-hybridized carbons (Fsp3) is 0.500. The largest absolute Gasteiger partial charge is 0.321 e. The van der Waals surface area contributed by atoms with Gasteiger partial charge >= 0.3 is 0 Å². The molecule has 0 saturated carbocycles. The summed E-state index contributed by atoms with van der Waals surface area (Å²) in [5.41, 5.74) is -0.521. The standard InChI is InChI=1S/C6H10N2O2P2/c1-12(2,10)6(11-9)8-5-3-4-7-8/h3-6H,1-2H3. The molecule has 0 aliphatic rings. The van der Waals surface area contributed by atoms with Gasteiger partial charge in [0.2, 0.25) is 0 Å². The molecule has 0 fully saturated rings. The zero-order chi connectivity index (χ0) is 9.19. The lowest BCUT2D eigenvalue weighted by molar-refractivity contribution is 0.554. The molecule has 1 aromatic rings. The van der Waals surface area contributed by atoms with Crippen molar-refractivity contribution in [2.75, 3.05) is 13.3 Å². The highest BCUT2D eigenvalue weighted by Crippen LogP contribution is 2.55. The van der Waals surface area contributed by atoms with E-state index < -0.39 is 12.7 Å². The highest BCUT2D eigenvalue weighted by molar-refractivity contribution is 7.69. The summed E-state index contributed by atoms with van der Waals surface area (Å²) < 4.78 is 23.8. The van der Waals surface area contributed by atoms with Crippen LogP contribution in [-0.2, 0) is 9.13 Å². The van der Waals surface area contributed by atoms with Crippen molar-refractivity contribution >= 4 is 15.6 Å². The van der Waals surface area contributed by atoms with E-state index in [0.717, 1.165) is 0 Å². The average Bonchev–Trinajstić information content (AvgIpc) is 2.38. The Balaban J connectivity index is 3.00. The molecule has 1 rings (SSSR count). The molecule has 0 aromatic carbocycles. The van der Waals surface area contributed by atoms with E-state index in [9.17, 15) is 9.13 Å². The maximum absolute atomic E-state index is 11.6. The van der Waals surface area contributed by atoms with Crippen LogP contribution in [0.5, 0.6) is 0 Å². The van der Waals surface area contributed by atoms with Crippen molar-refractivity contribution in [3.05, 3.63) is 18.5 Å². The molecule has 12 heavy (non-hydrogen) atoms. The topological polar surface area (TPSA) is 52.0 Å². The van der Waals surface area contributed by atoms with Gasteiger partial charge in [-0.05, 0) is 19.4 Å². The van der Waals surface area contributed by atoms with E-state index in [2.05, 4.69) is 5.10 Å². The molecule has 4 nitrogen and oxygen atoms in total. The quantitative estimate of drug-likeness (QED) is 0.709. The third kappa shape index (κ3) is 2.02. The molecule has 1 heterocycles. The number of aromatic nitrogens is 2. The van der Waals surface area contributed by atoms with Crippen LogP contribution in [0.3, 0.4) is 0 Å². The molecule has 1 unspecified atom stereocenters. The number of hydrogen-bond acceptors (Lipinski definition) is 3. The van der Waals surface area contributed by atoms with Gasteiger partial charge in [0.05, 0.1) is 0 Å². The molecule has 66 valence electrons. The van der Waals surface area contributed by atoms with Crippen LogP contribution in [0.1, 0.15) is 5.52 Å². The summed E-state index contributed by atoms with van der Waals surface area (Å²) in [6.45, 7) is 3.20. The number of hydrogen-bond donors (Lipinski definition) is 0. The van der Waals surface area contributed by atoms with Crippen LogP contribution in [0.2, 0.25) is 0 Å². The van der Waals surface area contributed by atoms with Crippen molar-refractivity contribution in [1.29, 1.82) is 0 Å². The monoisotopic (exact) mass is 204 g/mol. The van der Waals surface area contributed by atoms with Crippen LogP contribution in [0.15, 0.2) is 18.5 Å². The molecular weight excluding hydrogens is 194 g/mol. The van der Waals surface area contributed by atoms with Gasteiger partial charge in [0, 0.05) is 12.4 Å². The molecule has 1 atom stereocenters. The Bertz CT molecular complexity index is 303. The van der Waals surface area contributed by atoms with Crippen LogP contribution in [0.25, 0.3) is 0 Å². The van der Waals surface area contributed by atoms with Crippen molar-refractivity contribution in [2.24, 2.45) is 0 Å². The van der Waals surface area contributed by atoms with E-state index in [4.69, 9.17) is 0 Å². The Labute approximate surface area is 72.5 Å². The summed E-state index contributed by atoms with van der Waals surface area (Å²) in [6.07, 6.45) is 3.24. The smallest absolute Gasteiger partial charge is 0.190 e. The molecule has 0 bridgehead atoms. The Morgan fingerprint density at radius 3 is 2.58 bits per heavy atom. The first-order valence-corrected chi connectivity index (χ1v) is 6.97. The lowest BCUT2D eigenvalue weighted by Gasteiger charge is -2.13. The van der Waals surface area contributed by atoms with Crippen molar-refractivity contribution in [1.82, 2.24) is 9.78 Å². The highest BCUT2D eigenvalue weighted by atomic mass is 31.2. The van der Waals surface area contributed by atoms with Gasteiger partial charge in [-0.3, -0.25) is 9.25 Å². The zero-order valence-electron chi connectivity index (χ0n) is 6.91.